The molecule has 0 amide bonds. The van der Waals surface area contributed by atoms with E-state index >= 15 is 0 Å². The molecule has 5 aromatic carbocycles. The van der Waals surface area contributed by atoms with E-state index in [1.54, 1.807) is 0 Å². The fourth-order valence-electron chi connectivity index (χ4n) is 5.51. The third kappa shape index (κ3) is 2.50. The molecule has 3 nitrogen and oxygen atoms in total. The van der Waals surface area contributed by atoms with E-state index in [4.69, 9.17) is 8.83 Å². The maximum atomic E-state index is 6.71. The summed E-state index contributed by atoms with van der Waals surface area (Å²) in [5, 5.41) is 4.44. The monoisotopic (exact) mass is 449 g/mol. The van der Waals surface area contributed by atoms with E-state index in [1.807, 2.05) is 18.2 Å². The van der Waals surface area contributed by atoms with Crippen molar-refractivity contribution in [1.82, 2.24) is 4.57 Å². The van der Waals surface area contributed by atoms with Crippen molar-refractivity contribution in [3.63, 3.8) is 0 Å². The SMILES string of the molecule is c1ccc(-n2c3ccccc3c3oc4c(-c5cccc6c5oc5ccccc56)cccc4c32)cc1. The minimum Gasteiger partial charge on any atom is -0.455 e. The maximum Gasteiger partial charge on any atom is 0.161 e. The topological polar surface area (TPSA) is 31.2 Å². The molecule has 35 heavy (non-hydrogen) atoms. The highest BCUT2D eigenvalue weighted by molar-refractivity contribution is 6.20. The minimum atomic E-state index is 0.876. The van der Waals surface area contributed by atoms with Gasteiger partial charge in [0.15, 0.2) is 5.58 Å². The van der Waals surface area contributed by atoms with Crippen LogP contribution in [-0.4, -0.2) is 4.57 Å². The Balaban J connectivity index is 1.51. The second-order valence-corrected chi connectivity index (χ2v) is 8.93. The molecule has 0 aliphatic heterocycles. The third-order valence-corrected chi connectivity index (χ3v) is 7.01. The Labute approximate surface area is 200 Å². The number of furan rings is 2. The van der Waals surface area contributed by atoms with E-state index < -0.39 is 0 Å². The number of para-hydroxylation sites is 5. The molecular weight excluding hydrogens is 430 g/mol. The number of fused-ring (bicyclic) bond motifs is 8. The molecule has 3 heteroatoms. The Morgan fingerprint density at radius 2 is 1.06 bits per heavy atom. The van der Waals surface area contributed by atoms with Crippen LogP contribution < -0.4 is 0 Å². The molecule has 0 spiro atoms. The van der Waals surface area contributed by atoms with E-state index in [9.17, 15) is 0 Å². The van der Waals surface area contributed by atoms with E-state index in [2.05, 4.69) is 102 Å². The molecule has 0 aliphatic rings. The normalized spacial score (nSPS) is 12.0. The predicted octanol–water partition coefficient (Wildman–Crippen LogP) is 9.10. The molecule has 0 radical (unpaired) electrons. The first-order valence-corrected chi connectivity index (χ1v) is 11.8. The molecule has 8 aromatic rings. The molecule has 0 saturated heterocycles. The second-order valence-electron chi connectivity index (χ2n) is 8.93. The van der Waals surface area contributed by atoms with Crippen LogP contribution in [0.25, 0.3) is 71.7 Å². The second kappa shape index (κ2) is 6.87. The van der Waals surface area contributed by atoms with Crippen molar-refractivity contribution >= 4 is 54.9 Å². The minimum absolute atomic E-state index is 0.876. The summed E-state index contributed by atoms with van der Waals surface area (Å²) in [4.78, 5) is 0. The van der Waals surface area contributed by atoms with Gasteiger partial charge >= 0.3 is 0 Å². The van der Waals surface area contributed by atoms with Crippen molar-refractivity contribution in [2.45, 2.75) is 0 Å². The van der Waals surface area contributed by atoms with Crippen molar-refractivity contribution in [3.05, 3.63) is 115 Å². The van der Waals surface area contributed by atoms with Crippen LogP contribution in [0.1, 0.15) is 0 Å². The average molecular weight is 450 g/mol. The summed E-state index contributed by atoms with van der Waals surface area (Å²) < 4.78 is 15.4. The summed E-state index contributed by atoms with van der Waals surface area (Å²) in [6.45, 7) is 0. The zero-order valence-electron chi connectivity index (χ0n) is 18.7. The molecule has 3 heterocycles. The van der Waals surface area contributed by atoms with E-state index in [1.165, 1.54) is 0 Å². The number of hydrogen-bond acceptors (Lipinski definition) is 2. The molecule has 3 aromatic heterocycles. The van der Waals surface area contributed by atoms with Crippen LogP contribution in [0.4, 0.5) is 0 Å². The zero-order valence-corrected chi connectivity index (χ0v) is 18.7. The lowest BCUT2D eigenvalue weighted by molar-refractivity contribution is 0.666. The molecule has 0 saturated carbocycles. The summed E-state index contributed by atoms with van der Waals surface area (Å²) in [5.74, 6) is 0. The standard InChI is InChI=1S/C32H19NO2/c1-2-10-20(11-3-1)33-27-18-6-4-13-25(27)32-29(33)26-17-9-16-24(31(26)35-32)23-15-8-14-22-21-12-5-7-19-28(21)34-30(22)23/h1-19H. The van der Waals surface area contributed by atoms with Gasteiger partial charge in [-0.05, 0) is 36.4 Å². The Bertz CT molecular complexity index is 2050. The van der Waals surface area contributed by atoms with Crippen LogP contribution in [0.2, 0.25) is 0 Å². The highest BCUT2D eigenvalue weighted by Gasteiger charge is 2.22. The third-order valence-electron chi connectivity index (χ3n) is 7.01. The van der Waals surface area contributed by atoms with Crippen molar-refractivity contribution in [2.24, 2.45) is 0 Å². The first-order chi connectivity index (χ1) is 17.4. The van der Waals surface area contributed by atoms with Gasteiger partial charge in [-0.15, -0.1) is 0 Å². The van der Waals surface area contributed by atoms with E-state index in [0.29, 0.717) is 0 Å². The van der Waals surface area contributed by atoms with Gasteiger partial charge in [0.2, 0.25) is 0 Å². The van der Waals surface area contributed by atoms with Crippen molar-refractivity contribution in [1.29, 1.82) is 0 Å². The largest absolute Gasteiger partial charge is 0.455 e. The van der Waals surface area contributed by atoms with Crippen molar-refractivity contribution < 1.29 is 8.83 Å². The fourth-order valence-corrected chi connectivity index (χ4v) is 5.51. The van der Waals surface area contributed by atoms with Gasteiger partial charge in [-0.3, -0.25) is 0 Å². The number of benzene rings is 5. The predicted molar refractivity (Wildman–Crippen MR) is 143 cm³/mol. The van der Waals surface area contributed by atoms with Crippen molar-refractivity contribution in [2.75, 3.05) is 0 Å². The molecule has 0 N–H and O–H groups in total. The maximum absolute atomic E-state index is 6.71. The first kappa shape index (κ1) is 18.6. The molecule has 164 valence electrons. The van der Waals surface area contributed by atoms with Gasteiger partial charge in [-0.1, -0.05) is 78.9 Å². The Morgan fingerprint density at radius 3 is 1.89 bits per heavy atom. The van der Waals surface area contributed by atoms with Crippen LogP contribution in [0.3, 0.4) is 0 Å². The van der Waals surface area contributed by atoms with Crippen LogP contribution in [0, 0.1) is 0 Å². The van der Waals surface area contributed by atoms with Crippen LogP contribution in [0.5, 0.6) is 0 Å². The molecular formula is C32H19NO2. The number of hydrogen-bond donors (Lipinski definition) is 0. The Morgan fingerprint density at radius 1 is 0.429 bits per heavy atom. The lowest BCUT2D eigenvalue weighted by atomic mass is 10.0. The highest BCUT2D eigenvalue weighted by Crippen LogP contribution is 2.44. The van der Waals surface area contributed by atoms with Gasteiger partial charge in [0.05, 0.1) is 5.52 Å². The van der Waals surface area contributed by atoms with Gasteiger partial charge < -0.3 is 13.4 Å². The average Bonchev–Trinajstić information content (AvgIpc) is 3.58. The summed E-state index contributed by atoms with van der Waals surface area (Å²) in [7, 11) is 0. The molecule has 8 rings (SSSR count). The number of aromatic nitrogens is 1. The fraction of sp³-hybridized carbons (Fsp3) is 0. The quantitative estimate of drug-likeness (QED) is 0.263. The van der Waals surface area contributed by atoms with E-state index in [0.717, 1.165) is 71.7 Å². The van der Waals surface area contributed by atoms with Gasteiger partial charge in [-0.2, -0.15) is 0 Å². The van der Waals surface area contributed by atoms with Crippen LogP contribution >= 0.6 is 0 Å². The molecule has 0 fully saturated rings. The number of nitrogens with zero attached hydrogens (tertiary/aromatic N) is 1. The smallest absolute Gasteiger partial charge is 0.161 e. The summed E-state index contributed by atoms with van der Waals surface area (Å²) in [6.07, 6.45) is 0. The lowest BCUT2D eigenvalue weighted by Crippen LogP contribution is -1.92. The summed E-state index contributed by atoms with van der Waals surface area (Å²) in [5.41, 5.74) is 8.98. The van der Waals surface area contributed by atoms with Crippen LogP contribution in [0.15, 0.2) is 124 Å². The molecule has 0 bridgehead atoms. The zero-order chi connectivity index (χ0) is 22.9. The Kier molecular flexibility index (Phi) is 3.66. The summed E-state index contributed by atoms with van der Waals surface area (Å²) >= 11 is 0. The molecule has 0 aliphatic carbocycles. The van der Waals surface area contributed by atoms with Crippen molar-refractivity contribution in [3.8, 4) is 16.8 Å². The van der Waals surface area contributed by atoms with Gasteiger partial charge in [0.1, 0.15) is 22.3 Å². The number of rotatable bonds is 2. The Hall–Kier alpha value is -4.76. The van der Waals surface area contributed by atoms with Gasteiger partial charge in [-0.25, -0.2) is 0 Å². The van der Waals surface area contributed by atoms with Gasteiger partial charge in [0, 0.05) is 38.4 Å². The van der Waals surface area contributed by atoms with Gasteiger partial charge in [0.25, 0.3) is 0 Å². The summed E-state index contributed by atoms with van der Waals surface area (Å²) in [6, 6.07) is 39.9. The molecule has 0 atom stereocenters. The van der Waals surface area contributed by atoms with E-state index in [-0.39, 0.29) is 0 Å². The first-order valence-electron chi connectivity index (χ1n) is 11.8. The highest BCUT2D eigenvalue weighted by atomic mass is 16.3. The molecule has 0 unspecified atom stereocenters. The van der Waals surface area contributed by atoms with Crippen LogP contribution in [-0.2, 0) is 0 Å². The lowest BCUT2D eigenvalue weighted by Gasteiger charge is -2.08.